The molecule has 98 valence electrons. The molecule has 0 aromatic rings. The maximum atomic E-state index is 12.2. The second-order valence-corrected chi connectivity index (χ2v) is 6.09. The number of likely N-dealkylation sites (tertiary alicyclic amines) is 1. The van der Waals surface area contributed by atoms with Crippen LogP contribution in [0.1, 0.15) is 40.0 Å². The summed E-state index contributed by atoms with van der Waals surface area (Å²) < 4.78 is 0. The van der Waals surface area contributed by atoms with Gasteiger partial charge in [-0.25, -0.2) is 0 Å². The van der Waals surface area contributed by atoms with E-state index in [1.807, 2.05) is 20.8 Å². The molecule has 0 spiro atoms. The van der Waals surface area contributed by atoms with Gasteiger partial charge in [-0.05, 0) is 12.8 Å². The van der Waals surface area contributed by atoms with E-state index in [4.69, 9.17) is 5.73 Å². The smallest absolute Gasteiger partial charge is 0.243 e. The molecule has 1 aliphatic rings. The standard InChI is InChI=1S/C12H22N2O2S/c1-4-9(5-2)14-11(15)6-10(12(14)16)17-8(3)7-13/h8-10H,4-7,13H2,1-3H3. The fourth-order valence-corrected chi connectivity index (χ4v) is 3.24. The number of imide groups is 1. The minimum Gasteiger partial charge on any atom is -0.329 e. The van der Waals surface area contributed by atoms with Crippen molar-refractivity contribution < 1.29 is 9.59 Å². The molecule has 1 aliphatic heterocycles. The van der Waals surface area contributed by atoms with Gasteiger partial charge in [0, 0.05) is 24.3 Å². The molecule has 2 unspecified atom stereocenters. The highest BCUT2D eigenvalue weighted by molar-refractivity contribution is 8.01. The lowest BCUT2D eigenvalue weighted by atomic mass is 10.1. The third-order valence-electron chi connectivity index (χ3n) is 3.18. The van der Waals surface area contributed by atoms with E-state index >= 15 is 0 Å². The first kappa shape index (κ1) is 14.5. The predicted octanol–water partition coefficient (Wildman–Crippen LogP) is 1.38. The van der Waals surface area contributed by atoms with Crippen molar-refractivity contribution in [1.29, 1.82) is 0 Å². The summed E-state index contributed by atoms with van der Waals surface area (Å²) in [7, 11) is 0. The Morgan fingerprint density at radius 2 is 2.00 bits per heavy atom. The van der Waals surface area contributed by atoms with Crippen molar-refractivity contribution in [3.8, 4) is 0 Å². The fourth-order valence-electron chi connectivity index (χ4n) is 2.10. The molecule has 2 atom stereocenters. The predicted molar refractivity (Wildman–Crippen MR) is 70.7 cm³/mol. The average molecular weight is 258 g/mol. The molecule has 0 aromatic carbocycles. The van der Waals surface area contributed by atoms with Crippen LogP contribution in [0.3, 0.4) is 0 Å². The van der Waals surface area contributed by atoms with E-state index in [1.54, 1.807) is 0 Å². The van der Waals surface area contributed by atoms with Gasteiger partial charge >= 0.3 is 0 Å². The molecule has 17 heavy (non-hydrogen) atoms. The Hall–Kier alpha value is -0.550. The number of thioether (sulfide) groups is 1. The maximum absolute atomic E-state index is 12.2. The van der Waals surface area contributed by atoms with Crippen LogP contribution in [0.15, 0.2) is 0 Å². The van der Waals surface area contributed by atoms with Gasteiger partial charge in [-0.1, -0.05) is 20.8 Å². The van der Waals surface area contributed by atoms with Crippen LogP contribution >= 0.6 is 11.8 Å². The molecule has 4 nitrogen and oxygen atoms in total. The van der Waals surface area contributed by atoms with Gasteiger partial charge < -0.3 is 5.73 Å². The van der Waals surface area contributed by atoms with E-state index < -0.39 is 0 Å². The van der Waals surface area contributed by atoms with Crippen LogP contribution < -0.4 is 5.73 Å². The molecule has 2 N–H and O–H groups in total. The number of carbonyl (C=O) groups is 2. The Morgan fingerprint density at radius 1 is 1.41 bits per heavy atom. The molecule has 0 saturated carbocycles. The van der Waals surface area contributed by atoms with Crippen LogP contribution in [0.4, 0.5) is 0 Å². The number of amides is 2. The summed E-state index contributed by atoms with van der Waals surface area (Å²) in [6.07, 6.45) is 2.00. The minimum absolute atomic E-state index is 0.0194. The van der Waals surface area contributed by atoms with Gasteiger partial charge in [0.2, 0.25) is 11.8 Å². The molecule has 0 aromatic heterocycles. The second kappa shape index (κ2) is 6.40. The first-order chi connectivity index (χ1) is 8.04. The summed E-state index contributed by atoms with van der Waals surface area (Å²) in [6.45, 7) is 6.55. The number of hydrogen-bond donors (Lipinski definition) is 1. The Bertz CT molecular complexity index is 292. The first-order valence-corrected chi connectivity index (χ1v) is 7.20. The zero-order valence-corrected chi connectivity index (χ0v) is 11.6. The highest BCUT2D eigenvalue weighted by Crippen LogP contribution is 2.30. The molecule has 2 amide bonds. The zero-order chi connectivity index (χ0) is 13.0. The Kier molecular flexibility index (Phi) is 5.46. The second-order valence-electron chi connectivity index (χ2n) is 4.45. The van der Waals surface area contributed by atoms with E-state index in [0.717, 1.165) is 12.8 Å². The minimum atomic E-state index is -0.221. The topological polar surface area (TPSA) is 63.4 Å². The van der Waals surface area contributed by atoms with Crippen molar-refractivity contribution >= 4 is 23.6 Å². The molecular formula is C12H22N2O2S. The van der Waals surface area contributed by atoms with Crippen LogP contribution in [-0.2, 0) is 9.59 Å². The normalized spacial score (nSPS) is 22.6. The average Bonchev–Trinajstić information content (AvgIpc) is 2.58. The van der Waals surface area contributed by atoms with Crippen LogP contribution in [-0.4, -0.2) is 39.8 Å². The summed E-state index contributed by atoms with van der Waals surface area (Å²) in [5.74, 6) is -0.0422. The largest absolute Gasteiger partial charge is 0.329 e. The van der Waals surface area contributed by atoms with Gasteiger partial charge in [0.15, 0.2) is 0 Å². The Balaban J connectivity index is 2.71. The maximum Gasteiger partial charge on any atom is 0.243 e. The van der Waals surface area contributed by atoms with Gasteiger partial charge in [0.25, 0.3) is 0 Å². The van der Waals surface area contributed by atoms with E-state index in [9.17, 15) is 9.59 Å². The van der Waals surface area contributed by atoms with Crippen molar-refractivity contribution in [3.63, 3.8) is 0 Å². The lowest BCUT2D eigenvalue weighted by Crippen LogP contribution is -2.40. The summed E-state index contributed by atoms with van der Waals surface area (Å²) in [4.78, 5) is 25.5. The summed E-state index contributed by atoms with van der Waals surface area (Å²) in [5.41, 5.74) is 5.55. The molecule has 1 rings (SSSR count). The van der Waals surface area contributed by atoms with E-state index in [0.29, 0.717) is 13.0 Å². The highest BCUT2D eigenvalue weighted by atomic mass is 32.2. The number of carbonyl (C=O) groups excluding carboxylic acids is 2. The van der Waals surface area contributed by atoms with Gasteiger partial charge in [-0.2, -0.15) is 0 Å². The summed E-state index contributed by atoms with van der Waals surface area (Å²) in [5, 5.41) is 0.0000491. The Morgan fingerprint density at radius 3 is 2.47 bits per heavy atom. The van der Waals surface area contributed by atoms with Crippen LogP contribution in [0.25, 0.3) is 0 Å². The Labute approximate surface area is 107 Å². The number of rotatable bonds is 6. The van der Waals surface area contributed by atoms with E-state index in [-0.39, 0.29) is 28.4 Å². The van der Waals surface area contributed by atoms with Crippen molar-refractivity contribution in [2.45, 2.75) is 56.6 Å². The SMILES string of the molecule is CCC(CC)N1C(=O)CC(SC(C)CN)C1=O. The highest BCUT2D eigenvalue weighted by Gasteiger charge is 2.41. The van der Waals surface area contributed by atoms with Crippen molar-refractivity contribution in [2.24, 2.45) is 5.73 Å². The monoisotopic (exact) mass is 258 g/mol. The van der Waals surface area contributed by atoms with Crippen molar-refractivity contribution in [1.82, 2.24) is 4.90 Å². The molecule has 5 heteroatoms. The molecule has 0 bridgehead atoms. The van der Waals surface area contributed by atoms with Crippen LogP contribution in [0, 0.1) is 0 Å². The molecule has 0 radical (unpaired) electrons. The van der Waals surface area contributed by atoms with Gasteiger partial charge in [-0.15, -0.1) is 11.8 Å². The quantitative estimate of drug-likeness (QED) is 0.731. The molecular weight excluding hydrogens is 236 g/mol. The number of nitrogens with zero attached hydrogens (tertiary/aromatic N) is 1. The molecule has 1 fully saturated rings. The van der Waals surface area contributed by atoms with Crippen molar-refractivity contribution in [3.05, 3.63) is 0 Å². The number of nitrogens with two attached hydrogens (primary N) is 1. The fraction of sp³-hybridized carbons (Fsp3) is 0.833. The van der Waals surface area contributed by atoms with E-state index in [1.165, 1.54) is 16.7 Å². The summed E-state index contributed by atoms with van der Waals surface area (Å²) in [6, 6.07) is 0.0637. The molecule has 1 saturated heterocycles. The first-order valence-electron chi connectivity index (χ1n) is 6.26. The van der Waals surface area contributed by atoms with Gasteiger partial charge in [0.05, 0.1) is 5.25 Å². The van der Waals surface area contributed by atoms with Crippen LogP contribution in [0.5, 0.6) is 0 Å². The zero-order valence-electron chi connectivity index (χ0n) is 10.8. The molecule has 0 aliphatic carbocycles. The van der Waals surface area contributed by atoms with Gasteiger partial charge in [0.1, 0.15) is 0 Å². The van der Waals surface area contributed by atoms with Crippen LogP contribution in [0.2, 0.25) is 0 Å². The number of hydrogen-bond acceptors (Lipinski definition) is 4. The summed E-state index contributed by atoms with van der Waals surface area (Å²) >= 11 is 1.52. The lowest BCUT2D eigenvalue weighted by molar-refractivity contribution is -0.141. The third-order valence-corrected chi connectivity index (χ3v) is 4.53. The van der Waals surface area contributed by atoms with Gasteiger partial charge in [-0.3, -0.25) is 14.5 Å². The third kappa shape index (κ3) is 3.22. The van der Waals surface area contributed by atoms with Crippen molar-refractivity contribution in [2.75, 3.05) is 6.54 Å². The molecule has 1 heterocycles. The lowest BCUT2D eigenvalue weighted by Gasteiger charge is -2.24. The van der Waals surface area contributed by atoms with E-state index in [2.05, 4.69) is 0 Å².